The number of rotatable bonds is 0. The van der Waals surface area contributed by atoms with Gasteiger partial charge >= 0.3 is 0 Å². The summed E-state index contributed by atoms with van der Waals surface area (Å²) in [6.45, 7) is 0. The van der Waals surface area contributed by atoms with E-state index in [1.165, 1.54) is 0 Å². The van der Waals surface area contributed by atoms with Crippen molar-refractivity contribution in [3.63, 3.8) is 0 Å². The first kappa shape index (κ1) is 13.5. The highest BCUT2D eigenvalue weighted by Crippen LogP contribution is 2.14. The molecule has 0 aliphatic carbocycles. The van der Waals surface area contributed by atoms with Crippen LogP contribution < -0.4 is 0 Å². The molecule has 4 heterocycles. The summed E-state index contributed by atoms with van der Waals surface area (Å²) in [6, 6.07) is 20.1. The van der Waals surface area contributed by atoms with Gasteiger partial charge < -0.3 is 4.98 Å². The van der Waals surface area contributed by atoms with Crippen molar-refractivity contribution in [3.8, 4) is 0 Å². The van der Waals surface area contributed by atoms with Crippen molar-refractivity contribution in [2.24, 2.45) is 0 Å². The van der Waals surface area contributed by atoms with Crippen LogP contribution in [0.4, 0.5) is 0 Å². The third-order valence-corrected chi connectivity index (χ3v) is 3.57. The average molecular weight is 297 g/mol. The summed E-state index contributed by atoms with van der Waals surface area (Å²) < 4.78 is 0. The Balaban J connectivity index is 1.94. The molecule has 0 spiro atoms. The quantitative estimate of drug-likeness (QED) is 0.509. The second-order valence-electron chi connectivity index (χ2n) is 5.35. The van der Waals surface area contributed by atoms with Gasteiger partial charge in [-0.2, -0.15) is 0 Å². The Kier molecular flexibility index (Phi) is 3.45. The minimum absolute atomic E-state index is 0.944. The molecule has 2 aromatic rings. The molecular formula is C20H15N3. The Labute approximate surface area is 134 Å². The topological polar surface area (TPSA) is 41.6 Å². The van der Waals surface area contributed by atoms with Crippen molar-refractivity contribution >= 4 is 35.3 Å². The van der Waals surface area contributed by atoms with E-state index in [9.17, 15) is 0 Å². The summed E-state index contributed by atoms with van der Waals surface area (Å²) in [5.74, 6) is 0. The van der Waals surface area contributed by atoms with Gasteiger partial charge in [-0.3, -0.25) is 0 Å². The van der Waals surface area contributed by atoms with E-state index in [1.54, 1.807) is 0 Å². The van der Waals surface area contributed by atoms with Crippen LogP contribution in [0.1, 0.15) is 22.8 Å². The molecule has 0 aromatic carbocycles. The minimum Gasteiger partial charge on any atom is -0.355 e. The van der Waals surface area contributed by atoms with Crippen molar-refractivity contribution in [1.29, 1.82) is 0 Å². The molecule has 0 fully saturated rings. The molecule has 4 rings (SSSR count). The molecule has 0 saturated carbocycles. The maximum atomic E-state index is 4.57. The molecule has 2 aromatic heterocycles. The first-order chi connectivity index (χ1) is 11.3. The fourth-order valence-corrected chi connectivity index (χ4v) is 2.49. The molecule has 6 bridgehead atoms. The molecule has 3 nitrogen and oxygen atoms in total. The summed E-state index contributed by atoms with van der Waals surface area (Å²) in [5, 5.41) is 0. The lowest BCUT2D eigenvalue weighted by Gasteiger charge is -1.83. The van der Waals surface area contributed by atoms with Crippen LogP contribution in [-0.2, 0) is 0 Å². The first-order valence-corrected chi connectivity index (χ1v) is 7.53. The van der Waals surface area contributed by atoms with E-state index in [4.69, 9.17) is 0 Å². The Morgan fingerprint density at radius 3 is 1.52 bits per heavy atom. The summed E-state index contributed by atoms with van der Waals surface area (Å²) >= 11 is 0. The zero-order valence-electron chi connectivity index (χ0n) is 12.5. The lowest BCUT2D eigenvalue weighted by molar-refractivity contribution is 1.32. The zero-order chi connectivity index (χ0) is 15.5. The number of hydrogen-bond acceptors (Lipinski definition) is 2. The molecule has 0 radical (unpaired) electrons. The summed E-state index contributed by atoms with van der Waals surface area (Å²) in [4.78, 5) is 12.5. The second-order valence-corrected chi connectivity index (χ2v) is 5.35. The predicted octanol–water partition coefficient (Wildman–Crippen LogP) is 4.74. The molecule has 0 saturated heterocycles. The fourth-order valence-electron chi connectivity index (χ4n) is 2.49. The van der Waals surface area contributed by atoms with E-state index in [-0.39, 0.29) is 0 Å². The van der Waals surface area contributed by atoms with Gasteiger partial charge in [0.2, 0.25) is 0 Å². The maximum absolute atomic E-state index is 4.57. The Hall–Kier alpha value is -3.20. The van der Waals surface area contributed by atoms with Crippen LogP contribution in [0.15, 0.2) is 60.7 Å². The molecule has 110 valence electrons. The molecule has 23 heavy (non-hydrogen) atoms. The molecule has 0 atom stereocenters. The summed E-state index contributed by atoms with van der Waals surface area (Å²) in [6.07, 6.45) is 8.06. The second kappa shape index (κ2) is 5.89. The van der Waals surface area contributed by atoms with Gasteiger partial charge in [0.15, 0.2) is 0 Å². The Morgan fingerprint density at radius 1 is 0.522 bits per heavy atom. The third kappa shape index (κ3) is 3.19. The van der Waals surface area contributed by atoms with Crippen LogP contribution in [0, 0.1) is 0 Å². The minimum atomic E-state index is 0.944. The van der Waals surface area contributed by atoms with Crippen molar-refractivity contribution in [1.82, 2.24) is 15.0 Å². The smallest absolute Gasteiger partial charge is 0.0658 e. The van der Waals surface area contributed by atoms with Gasteiger partial charge in [-0.25, -0.2) is 9.97 Å². The first-order valence-electron chi connectivity index (χ1n) is 7.53. The number of aromatic nitrogens is 3. The van der Waals surface area contributed by atoms with Crippen molar-refractivity contribution < 1.29 is 0 Å². The van der Waals surface area contributed by atoms with Gasteiger partial charge in [0.25, 0.3) is 0 Å². The van der Waals surface area contributed by atoms with Crippen LogP contribution in [0.5, 0.6) is 0 Å². The van der Waals surface area contributed by atoms with Gasteiger partial charge in [0, 0.05) is 11.0 Å². The SMILES string of the molecule is C1=Cc2cc3ccc(cc4nc(ccccccc1n2)C=C4)[nH]3. The number of aromatic amines is 1. The molecule has 2 aliphatic rings. The van der Waals surface area contributed by atoms with E-state index in [0.29, 0.717) is 0 Å². The van der Waals surface area contributed by atoms with Crippen LogP contribution in [0.2, 0.25) is 0 Å². The highest BCUT2D eigenvalue weighted by molar-refractivity contribution is 5.74. The van der Waals surface area contributed by atoms with Gasteiger partial charge in [0.05, 0.1) is 22.8 Å². The van der Waals surface area contributed by atoms with Crippen LogP contribution in [-0.4, -0.2) is 15.0 Å². The molecular weight excluding hydrogens is 282 g/mol. The summed E-state index contributed by atoms with van der Waals surface area (Å²) in [7, 11) is 0. The number of hydrogen-bond donors (Lipinski definition) is 1. The lowest BCUT2D eigenvalue weighted by atomic mass is 10.3. The van der Waals surface area contributed by atoms with Gasteiger partial charge in [-0.1, -0.05) is 24.3 Å². The van der Waals surface area contributed by atoms with Crippen molar-refractivity contribution in [3.05, 3.63) is 83.4 Å². The van der Waals surface area contributed by atoms with Gasteiger partial charge in [-0.15, -0.1) is 0 Å². The molecule has 0 unspecified atom stereocenters. The van der Waals surface area contributed by atoms with E-state index in [2.05, 4.69) is 15.0 Å². The highest BCUT2D eigenvalue weighted by atomic mass is 14.7. The molecule has 0 amide bonds. The Morgan fingerprint density at radius 2 is 1.00 bits per heavy atom. The number of H-pyrrole nitrogens is 1. The largest absolute Gasteiger partial charge is 0.355 e. The highest BCUT2D eigenvalue weighted by Gasteiger charge is 1.98. The normalized spacial score (nSPS) is 12.0. The molecule has 2 aliphatic heterocycles. The van der Waals surface area contributed by atoms with Crippen molar-refractivity contribution in [2.45, 2.75) is 0 Å². The molecule has 1 N–H and O–H groups in total. The van der Waals surface area contributed by atoms with Crippen LogP contribution in [0.3, 0.4) is 0 Å². The van der Waals surface area contributed by atoms with Crippen LogP contribution >= 0.6 is 0 Å². The zero-order valence-corrected chi connectivity index (χ0v) is 12.5. The van der Waals surface area contributed by atoms with E-state index >= 15 is 0 Å². The number of nitrogens with one attached hydrogen (secondary N) is 1. The fraction of sp³-hybridized carbons (Fsp3) is 0. The summed E-state index contributed by atoms with van der Waals surface area (Å²) in [5.41, 5.74) is 5.85. The third-order valence-electron chi connectivity index (χ3n) is 3.57. The van der Waals surface area contributed by atoms with Crippen molar-refractivity contribution in [2.75, 3.05) is 0 Å². The predicted molar refractivity (Wildman–Crippen MR) is 95.8 cm³/mol. The lowest BCUT2D eigenvalue weighted by Crippen LogP contribution is -1.73. The standard InChI is InChI=1S/C20H15N3/c1-2-4-6-16-8-10-18(22-16)14-20-12-11-19(23-20)13-17-9-7-15(21-17)5-3-1/h1-14,23H. The van der Waals surface area contributed by atoms with E-state index < -0.39 is 0 Å². The van der Waals surface area contributed by atoms with E-state index in [0.717, 1.165) is 33.8 Å². The van der Waals surface area contributed by atoms with Gasteiger partial charge in [-0.05, 0) is 60.7 Å². The Bertz CT molecular complexity index is 901. The number of fused-ring (bicyclic) bond motifs is 6. The molecule has 3 heteroatoms. The van der Waals surface area contributed by atoms with Crippen LogP contribution in [0.25, 0.3) is 35.3 Å². The number of nitrogens with zero attached hydrogens (tertiary/aromatic N) is 2. The average Bonchev–Trinajstić information content (AvgIpc) is 3.26. The van der Waals surface area contributed by atoms with E-state index in [1.807, 2.05) is 85.0 Å². The maximum Gasteiger partial charge on any atom is 0.0658 e. The monoisotopic (exact) mass is 297 g/mol. The van der Waals surface area contributed by atoms with Gasteiger partial charge in [0.1, 0.15) is 0 Å².